The average molecular weight is 341 g/mol. The maximum absolute atomic E-state index is 6.00. The zero-order chi connectivity index (χ0) is 17.9. The first-order chi connectivity index (χ1) is 12.1. The fraction of sp³-hybridized carbons (Fsp3) is 0.478. The summed E-state index contributed by atoms with van der Waals surface area (Å²) in [7, 11) is 0. The van der Waals surface area contributed by atoms with Crippen LogP contribution in [0.25, 0.3) is 0 Å². The van der Waals surface area contributed by atoms with E-state index in [1.165, 1.54) is 16.7 Å². The zero-order valence-electron chi connectivity index (χ0n) is 15.9. The minimum atomic E-state index is 0.248. The van der Waals surface area contributed by atoms with E-state index in [0.717, 1.165) is 38.9 Å². The van der Waals surface area contributed by atoms with E-state index < -0.39 is 0 Å². The van der Waals surface area contributed by atoms with E-state index in [-0.39, 0.29) is 6.10 Å². The lowest BCUT2D eigenvalue weighted by atomic mass is 10.0. The van der Waals surface area contributed by atoms with Gasteiger partial charge in [0.2, 0.25) is 0 Å². The van der Waals surface area contributed by atoms with Crippen molar-refractivity contribution in [2.24, 2.45) is 0 Å². The van der Waals surface area contributed by atoms with Crippen molar-refractivity contribution in [3.8, 4) is 0 Å². The maximum Gasteiger partial charge on any atom is 0.0587 e. The molecule has 0 bridgehead atoms. The normalized spacial score (nSPS) is 12.5. The second kappa shape index (κ2) is 11.1. The fourth-order valence-corrected chi connectivity index (χ4v) is 2.92. The highest BCUT2D eigenvalue weighted by Gasteiger charge is 2.05. The Labute approximate surface area is 153 Å². The van der Waals surface area contributed by atoms with E-state index in [4.69, 9.17) is 9.47 Å². The number of hydrogen-bond donors (Lipinski definition) is 0. The predicted molar refractivity (Wildman–Crippen MR) is 105 cm³/mol. The van der Waals surface area contributed by atoms with Crippen LogP contribution in [0.5, 0.6) is 0 Å². The summed E-state index contributed by atoms with van der Waals surface area (Å²) >= 11 is 0. The molecule has 0 saturated carbocycles. The van der Waals surface area contributed by atoms with Crippen LogP contribution in [0.2, 0.25) is 0 Å². The molecule has 0 aromatic heterocycles. The molecule has 0 aliphatic rings. The maximum atomic E-state index is 6.00. The Bertz CT molecular complexity index is 592. The van der Waals surface area contributed by atoms with Crippen LogP contribution in [0.4, 0.5) is 0 Å². The largest absolute Gasteiger partial charge is 0.378 e. The van der Waals surface area contributed by atoms with Crippen LogP contribution in [0.1, 0.15) is 43.9 Å². The first-order valence-electron chi connectivity index (χ1n) is 9.48. The summed E-state index contributed by atoms with van der Waals surface area (Å²) in [6.07, 6.45) is 4.63. The minimum Gasteiger partial charge on any atom is -0.378 e. The van der Waals surface area contributed by atoms with Gasteiger partial charge in [-0.05, 0) is 63.1 Å². The topological polar surface area (TPSA) is 18.5 Å². The summed E-state index contributed by atoms with van der Waals surface area (Å²) in [5.41, 5.74) is 4.07. The summed E-state index contributed by atoms with van der Waals surface area (Å²) < 4.78 is 11.6. The fourth-order valence-electron chi connectivity index (χ4n) is 2.92. The minimum absolute atomic E-state index is 0.248. The van der Waals surface area contributed by atoms with Crippen LogP contribution in [-0.2, 0) is 28.7 Å². The van der Waals surface area contributed by atoms with E-state index >= 15 is 0 Å². The number of aryl methyl sites for hydroxylation is 1. The third kappa shape index (κ3) is 8.33. The molecule has 2 heteroatoms. The van der Waals surface area contributed by atoms with Crippen molar-refractivity contribution in [1.82, 2.24) is 0 Å². The molecule has 2 aromatic rings. The third-order valence-electron chi connectivity index (χ3n) is 4.21. The Balaban J connectivity index is 1.68. The molecule has 0 fully saturated rings. The van der Waals surface area contributed by atoms with Gasteiger partial charge in [-0.25, -0.2) is 0 Å². The lowest BCUT2D eigenvalue weighted by Gasteiger charge is -2.14. The Morgan fingerprint density at radius 1 is 0.720 bits per heavy atom. The van der Waals surface area contributed by atoms with E-state index in [1.54, 1.807) is 0 Å². The van der Waals surface area contributed by atoms with Crippen molar-refractivity contribution in [3.63, 3.8) is 0 Å². The summed E-state index contributed by atoms with van der Waals surface area (Å²) in [5, 5.41) is 0. The molecule has 0 saturated heterocycles. The molecule has 2 aromatic carbocycles. The summed E-state index contributed by atoms with van der Waals surface area (Å²) in [6, 6.07) is 19.4. The molecule has 1 atom stereocenters. The molecule has 2 rings (SSSR count). The van der Waals surface area contributed by atoms with Crippen LogP contribution in [0, 0.1) is 0 Å². The molecule has 2 nitrogen and oxygen atoms in total. The molecule has 1 unspecified atom stereocenters. The molecule has 0 aliphatic heterocycles. The molecular weight excluding hydrogens is 308 g/mol. The van der Waals surface area contributed by atoms with Crippen molar-refractivity contribution in [2.45, 2.75) is 58.7 Å². The van der Waals surface area contributed by atoms with Crippen molar-refractivity contribution in [2.75, 3.05) is 13.2 Å². The molecule has 0 spiro atoms. The summed E-state index contributed by atoms with van der Waals surface area (Å²) in [4.78, 5) is 0. The smallest absolute Gasteiger partial charge is 0.0587 e. The second-order valence-electron chi connectivity index (χ2n) is 6.96. The van der Waals surface area contributed by atoms with Crippen LogP contribution in [0.3, 0.4) is 0 Å². The van der Waals surface area contributed by atoms with E-state index in [2.05, 4.69) is 75.4 Å². The van der Waals surface area contributed by atoms with Crippen LogP contribution < -0.4 is 0 Å². The van der Waals surface area contributed by atoms with Gasteiger partial charge in [0.05, 0.1) is 18.8 Å². The van der Waals surface area contributed by atoms with Gasteiger partial charge in [-0.2, -0.15) is 0 Å². The number of rotatable bonds is 11. The van der Waals surface area contributed by atoms with Gasteiger partial charge >= 0.3 is 0 Å². The Hall–Kier alpha value is -1.64. The van der Waals surface area contributed by atoms with Crippen molar-refractivity contribution in [1.29, 1.82) is 0 Å². The molecule has 0 amide bonds. The molecule has 0 heterocycles. The van der Waals surface area contributed by atoms with Gasteiger partial charge in [0.15, 0.2) is 0 Å². The standard InChI is InChI=1S/C23H32O2/c1-19(2)24-16-14-22-11-7-12-23(18-22)17-20(3)25-15-8-13-21-9-5-4-6-10-21/h4-7,9-12,18-20H,8,13-17H2,1-3H3. The van der Waals surface area contributed by atoms with E-state index in [0.29, 0.717) is 6.10 Å². The lowest BCUT2D eigenvalue weighted by Crippen LogP contribution is -2.13. The van der Waals surface area contributed by atoms with Gasteiger partial charge in [0.25, 0.3) is 0 Å². The van der Waals surface area contributed by atoms with Gasteiger partial charge in [-0.15, -0.1) is 0 Å². The monoisotopic (exact) mass is 340 g/mol. The second-order valence-corrected chi connectivity index (χ2v) is 6.96. The molecule has 0 N–H and O–H groups in total. The Morgan fingerprint density at radius 2 is 1.44 bits per heavy atom. The summed E-state index contributed by atoms with van der Waals surface area (Å²) in [6.45, 7) is 7.92. The van der Waals surface area contributed by atoms with Gasteiger partial charge < -0.3 is 9.47 Å². The van der Waals surface area contributed by atoms with Gasteiger partial charge in [0, 0.05) is 6.61 Å². The number of benzene rings is 2. The van der Waals surface area contributed by atoms with Gasteiger partial charge in [0.1, 0.15) is 0 Å². The molecule has 25 heavy (non-hydrogen) atoms. The van der Waals surface area contributed by atoms with Crippen LogP contribution in [0.15, 0.2) is 54.6 Å². The Kier molecular flexibility index (Phi) is 8.71. The van der Waals surface area contributed by atoms with Crippen LogP contribution >= 0.6 is 0 Å². The molecular formula is C23H32O2. The first-order valence-corrected chi connectivity index (χ1v) is 9.48. The molecule has 0 radical (unpaired) electrons. The first kappa shape index (κ1) is 19.7. The van der Waals surface area contributed by atoms with Crippen molar-refractivity contribution >= 4 is 0 Å². The highest BCUT2D eigenvalue weighted by atomic mass is 16.5. The molecule has 0 aliphatic carbocycles. The van der Waals surface area contributed by atoms with Crippen molar-refractivity contribution < 1.29 is 9.47 Å². The number of ether oxygens (including phenoxy) is 2. The van der Waals surface area contributed by atoms with Crippen molar-refractivity contribution in [3.05, 3.63) is 71.3 Å². The van der Waals surface area contributed by atoms with E-state index in [1.807, 2.05) is 0 Å². The highest BCUT2D eigenvalue weighted by Crippen LogP contribution is 2.11. The zero-order valence-corrected chi connectivity index (χ0v) is 15.9. The molecule has 136 valence electrons. The van der Waals surface area contributed by atoms with Crippen LogP contribution in [-0.4, -0.2) is 25.4 Å². The highest BCUT2D eigenvalue weighted by molar-refractivity contribution is 5.24. The SMILES string of the molecule is CC(C)OCCc1cccc(CC(C)OCCCc2ccccc2)c1. The van der Waals surface area contributed by atoms with Gasteiger partial charge in [-0.3, -0.25) is 0 Å². The van der Waals surface area contributed by atoms with Gasteiger partial charge in [-0.1, -0.05) is 54.6 Å². The van der Waals surface area contributed by atoms with E-state index in [9.17, 15) is 0 Å². The third-order valence-corrected chi connectivity index (χ3v) is 4.21. The quantitative estimate of drug-likeness (QED) is 0.521. The summed E-state index contributed by atoms with van der Waals surface area (Å²) in [5.74, 6) is 0. The Morgan fingerprint density at radius 3 is 2.20 bits per heavy atom. The number of hydrogen-bond acceptors (Lipinski definition) is 2. The lowest BCUT2D eigenvalue weighted by molar-refractivity contribution is 0.0648. The average Bonchev–Trinajstić information content (AvgIpc) is 2.60. The predicted octanol–water partition coefficient (Wildman–Crippen LogP) is 5.23.